The lowest BCUT2D eigenvalue weighted by molar-refractivity contribution is 0.0847. The van der Waals surface area contributed by atoms with Gasteiger partial charge in [0, 0.05) is 24.2 Å². The number of ether oxygens (including phenoxy) is 1. The summed E-state index contributed by atoms with van der Waals surface area (Å²) < 4.78 is 5.47. The lowest BCUT2D eigenvalue weighted by Crippen LogP contribution is -2.52. The van der Waals surface area contributed by atoms with Crippen LogP contribution in [0.2, 0.25) is 0 Å². The number of rotatable bonds is 9. The van der Waals surface area contributed by atoms with E-state index in [1.54, 1.807) is 7.11 Å². The molecule has 2 unspecified atom stereocenters. The van der Waals surface area contributed by atoms with Gasteiger partial charge in [-0.3, -0.25) is 4.90 Å². The highest BCUT2D eigenvalue weighted by Crippen LogP contribution is 2.30. The molecule has 2 atom stereocenters. The molecular weight excluding hydrogens is 260 g/mol. The molecule has 0 radical (unpaired) electrons. The number of nitrogens with two attached hydrogens (primary N) is 1. The minimum Gasteiger partial charge on any atom is -0.496 e. The molecule has 21 heavy (non-hydrogen) atoms. The molecule has 3 heteroatoms. The first kappa shape index (κ1) is 18.0. The first-order chi connectivity index (χ1) is 10.0. The number of methoxy groups -OCH3 is 1. The first-order valence-corrected chi connectivity index (χ1v) is 8.06. The first-order valence-electron chi connectivity index (χ1n) is 8.06. The van der Waals surface area contributed by atoms with Gasteiger partial charge in [0.05, 0.1) is 7.11 Å². The van der Waals surface area contributed by atoms with Crippen molar-refractivity contribution in [1.29, 1.82) is 0 Å². The summed E-state index contributed by atoms with van der Waals surface area (Å²) >= 11 is 0. The molecule has 2 N–H and O–H groups in total. The minimum absolute atomic E-state index is 0.0658. The summed E-state index contributed by atoms with van der Waals surface area (Å²) in [4.78, 5) is 2.41. The summed E-state index contributed by atoms with van der Waals surface area (Å²) in [5.41, 5.74) is 7.46. The smallest absolute Gasteiger partial charge is 0.123 e. The van der Waals surface area contributed by atoms with Crippen LogP contribution in [0.3, 0.4) is 0 Å². The van der Waals surface area contributed by atoms with Crippen LogP contribution in [0, 0.1) is 5.92 Å². The van der Waals surface area contributed by atoms with Gasteiger partial charge >= 0.3 is 0 Å². The van der Waals surface area contributed by atoms with Gasteiger partial charge in [-0.05, 0) is 31.9 Å². The molecule has 0 heterocycles. The number of nitrogens with zero attached hydrogens (tertiary/aromatic N) is 1. The Bertz CT molecular complexity index is 415. The van der Waals surface area contributed by atoms with Gasteiger partial charge in [-0.1, -0.05) is 45.4 Å². The zero-order valence-electron chi connectivity index (χ0n) is 14.4. The van der Waals surface area contributed by atoms with Crippen LogP contribution in [0.1, 0.15) is 45.6 Å². The lowest BCUT2D eigenvalue weighted by atomic mass is 9.83. The SMILES string of the molecule is CCC(C)CC(CC)(CN)N(C)Cc1ccccc1OC. The van der Waals surface area contributed by atoms with E-state index in [4.69, 9.17) is 10.5 Å². The molecule has 0 bridgehead atoms. The number of hydrogen-bond acceptors (Lipinski definition) is 3. The molecule has 0 spiro atoms. The zero-order valence-corrected chi connectivity index (χ0v) is 14.4. The number of hydrogen-bond donors (Lipinski definition) is 1. The fourth-order valence-electron chi connectivity index (χ4n) is 3.00. The summed E-state index contributed by atoms with van der Waals surface area (Å²) in [5, 5.41) is 0. The maximum atomic E-state index is 6.17. The second kappa shape index (κ2) is 8.40. The van der Waals surface area contributed by atoms with Gasteiger partial charge in [-0.15, -0.1) is 0 Å². The summed E-state index contributed by atoms with van der Waals surface area (Å²) in [7, 11) is 3.92. The predicted octanol–water partition coefficient (Wildman–Crippen LogP) is 3.67. The Morgan fingerprint density at radius 3 is 2.48 bits per heavy atom. The minimum atomic E-state index is 0.0658. The number of benzene rings is 1. The molecular formula is C18H32N2O. The molecule has 0 aromatic heterocycles. The lowest BCUT2D eigenvalue weighted by Gasteiger charge is -2.42. The van der Waals surface area contributed by atoms with Crippen LogP contribution in [-0.2, 0) is 6.54 Å². The third kappa shape index (κ3) is 4.45. The van der Waals surface area contributed by atoms with Crippen LogP contribution in [0.4, 0.5) is 0 Å². The maximum Gasteiger partial charge on any atom is 0.123 e. The van der Waals surface area contributed by atoms with E-state index < -0.39 is 0 Å². The molecule has 120 valence electrons. The molecule has 0 saturated heterocycles. The Morgan fingerprint density at radius 1 is 1.29 bits per heavy atom. The molecule has 1 rings (SSSR count). The number of likely N-dealkylation sites (N-methyl/N-ethyl adjacent to an activating group) is 1. The average Bonchev–Trinajstić information content (AvgIpc) is 2.52. The molecule has 0 fully saturated rings. The van der Waals surface area contributed by atoms with Crippen molar-refractivity contribution in [3.63, 3.8) is 0 Å². The Kier molecular flexibility index (Phi) is 7.20. The maximum absolute atomic E-state index is 6.17. The summed E-state index contributed by atoms with van der Waals surface area (Å²) in [6, 6.07) is 8.23. The summed E-state index contributed by atoms with van der Waals surface area (Å²) in [6.45, 7) is 8.37. The molecule has 0 aliphatic carbocycles. The molecule has 0 aliphatic rings. The van der Waals surface area contributed by atoms with E-state index in [-0.39, 0.29) is 5.54 Å². The van der Waals surface area contributed by atoms with Gasteiger partial charge in [-0.2, -0.15) is 0 Å². The van der Waals surface area contributed by atoms with Crippen molar-refractivity contribution in [1.82, 2.24) is 4.90 Å². The molecule has 0 amide bonds. The Hall–Kier alpha value is -1.06. The largest absolute Gasteiger partial charge is 0.496 e. The van der Waals surface area contributed by atoms with Crippen molar-refractivity contribution >= 4 is 0 Å². The van der Waals surface area contributed by atoms with Crippen LogP contribution in [-0.4, -0.2) is 31.1 Å². The van der Waals surface area contributed by atoms with Gasteiger partial charge in [-0.25, -0.2) is 0 Å². The highest BCUT2D eigenvalue weighted by atomic mass is 16.5. The van der Waals surface area contributed by atoms with Crippen molar-refractivity contribution in [2.24, 2.45) is 11.7 Å². The third-order valence-corrected chi connectivity index (χ3v) is 4.87. The predicted molar refractivity (Wildman–Crippen MR) is 90.6 cm³/mol. The van der Waals surface area contributed by atoms with Gasteiger partial charge in [0.25, 0.3) is 0 Å². The van der Waals surface area contributed by atoms with Crippen molar-refractivity contribution in [3.05, 3.63) is 29.8 Å². The number of para-hydroxylation sites is 1. The normalized spacial score (nSPS) is 15.8. The van der Waals surface area contributed by atoms with Gasteiger partial charge in [0.15, 0.2) is 0 Å². The topological polar surface area (TPSA) is 38.5 Å². The molecule has 0 saturated carbocycles. The van der Waals surface area contributed by atoms with Crippen molar-refractivity contribution in [2.75, 3.05) is 20.7 Å². The molecule has 1 aromatic rings. The average molecular weight is 292 g/mol. The van der Waals surface area contributed by atoms with E-state index in [9.17, 15) is 0 Å². The van der Waals surface area contributed by atoms with Gasteiger partial charge < -0.3 is 10.5 Å². The van der Waals surface area contributed by atoms with E-state index in [0.29, 0.717) is 12.5 Å². The van der Waals surface area contributed by atoms with E-state index in [2.05, 4.69) is 44.9 Å². The quantitative estimate of drug-likeness (QED) is 0.754. The second-order valence-corrected chi connectivity index (χ2v) is 6.17. The fourth-order valence-corrected chi connectivity index (χ4v) is 3.00. The van der Waals surface area contributed by atoms with Gasteiger partial charge in [0.1, 0.15) is 5.75 Å². The monoisotopic (exact) mass is 292 g/mol. The highest BCUT2D eigenvalue weighted by molar-refractivity contribution is 5.33. The van der Waals surface area contributed by atoms with E-state index >= 15 is 0 Å². The van der Waals surface area contributed by atoms with Gasteiger partial charge in [0.2, 0.25) is 0 Å². The van der Waals surface area contributed by atoms with E-state index in [1.807, 2.05) is 12.1 Å². The highest BCUT2D eigenvalue weighted by Gasteiger charge is 2.33. The molecule has 3 nitrogen and oxygen atoms in total. The van der Waals surface area contributed by atoms with Crippen molar-refractivity contribution < 1.29 is 4.74 Å². The fraction of sp³-hybridized carbons (Fsp3) is 0.667. The summed E-state index contributed by atoms with van der Waals surface area (Å²) in [6.07, 6.45) is 3.41. The molecule has 0 aliphatic heterocycles. The molecule has 1 aromatic carbocycles. The van der Waals surface area contributed by atoms with E-state index in [1.165, 1.54) is 12.0 Å². The van der Waals surface area contributed by atoms with E-state index in [0.717, 1.165) is 25.1 Å². The van der Waals surface area contributed by atoms with Crippen molar-refractivity contribution in [3.8, 4) is 5.75 Å². The second-order valence-electron chi connectivity index (χ2n) is 6.17. The van der Waals surface area contributed by atoms with Crippen molar-refractivity contribution in [2.45, 2.75) is 52.1 Å². The Labute approximate surface area is 130 Å². The zero-order chi connectivity index (χ0) is 15.9. The van der Waals surface area contributed by atoms with Crippen LogP contribution < -0.4 is 10.5 Å². The standard InChI is InChI=1S/C18H32N2O/c1-6-15(3)12-18(7-2,14-19)20(4)13-16-10-8-9-11-17(16)21-5/h8-11,15H,6-7,12-14,19H2,1-5H3. The van der Waals surface area contributed by atoms with Crippen LogP contribution in [0.15, 0.2) is 24.3 Å². The Morgan fingerprint density at radius 2 is 1.95 bits per heavy atom. The van der Waals surface area contributed by atoms with Crippen LogP contribution in [0.25, 0.3) is 0 Å². The summed E-state index contributed by atoms with van der Waals surface area (Å²) in [5.74, 6) is 1.64. The Balaban J connectivity index is 2.93. The van der Waals surface area contributed by atoms with Crippen LogP contribution in [0.5, 0.6) is 5.75 Å². The third-order valence-electron chi connectivity index (χ3n) is 4.87. The van der Waals surface area contributed by atoms with Crippen LogP contribution >= 0.6 is 0 Å².